The van der Waals surface area contributed by atoms with Crippen LogP contribution in [0.15, 0.2) is 72.3 Å². The van der Waals surface area contributed by atoms with Crippen molar-refractivity contribution in [1.29, 1.82) is 0 Å². The van der Waals surface area contributed by atoms with Crippen molar-refractivity contribution in [2.45, 2.75) is 24.2 Å². The van der Waals surface area contributed by atoms with Gasteiger partial charge in [0.05, 0.1) is 41.0 Å². The zero-order chi connectivity index (χ0) is 32.7. The number of anilines is 1. The van der Waals surface area contributed by atoms with Gasteiger partial charge < -0.3 is 9.84 Å². The molecule has 7 rings (SSSR count). The number of aromatic hydroxyl groups is 1. The summed E-state index contributed by atoms with van der Waals surface area (Å²) in [6, 6.07) is 16.2. The monoisotopic (exact) mass is 679 g/mol. The third kappa shape index (κ3) is 4.28. The number of hydrazine groups is 1. The number of ether oxygens (including phenoxy) is 1. The van der Waals surface area contributed by atoms with E-state index < -0.39 is 46.8 Å². The molecular weight excluding hydrogens is 653 g/mol. The molecule has 4 aliphatic rings. The number of fused-ring (bicyclic) bond motifs is 4. The van der Waals surface area contributed by atoms with Crippen LogP contribution in [0.4, 0.5) is 5.69 Å². The van der Waals surface area contributed by atoms with Crippen LogP contribution in [0.25, 0.3) is 0 Å². The predicted octanol–water partition coefficient (Wildman–Crippen LogP) is 5.98. The first-order valence-electron chi connectivity index (χ1n) is 14.7. The maximum Gasteiger partial charge on any atom is 0.260 e. The van der Waals surface area contributed by atoms with E-state index in [-0.39, 0.29) is 34.0 Å². The molecule has 0 spiro atoms. The normalized spacial score (nSPS) is 28.5. The number of hydrogen-bond acceptors (Lipinski definition) is 7. The first kappa shape index (κ1) is 30.6. The second-order valence-electron chi connectivity index (χ2n) is 12.2. The number of rotatable bonds is 5. The van der Waals surface area contributed by atoms with Crippen molar-refractivity contribution in [2.24, 2.45) is 23.7 Å². The smallest absolute Gasteiger partial charge is 0.260 e. The SMILES string of the molecule is COc1ccc([C@@]23C(=O)N(Nc4ccc(Cl)cc4Cl)C(=O)[C@@H]2C[C@@H]2C(=CC[C@@H]4C(=O)N(C)C(=O)[C@@H]42)[C@@H]3c2ccc(O)cc2Cl)cc1. The molecule has 1 saturated carbocycles. The fraction of sp³-hybridized carbons (Fsp3) is 0.294. The number of likely N-dealkylation sites (tertiary alicyclic amines) is 1. The Morgan fingerprint density at radius 3 is 2.30 bits per heavy atom. The lowest BCUT2D eigenvalue weighted by Gasteiger charge is -2.50. The summed E-state index contributed by atoms with van der Waals surface area (Å²) in [4.78, 5) is 57.6. The molecule has 0 unspecified atom stereocenters. The van der Waals surface area contributed by atoms with Crippen molar-refractivity contribution < 1.29 is 29.0 Å². The van der Waals surface area contributed by atoms with E-state index in [1.54, 1.807) is 42.5 Å². The minimum atomic E-state index is -1.54. The minimum Gasteiger partial charge on any atom is -0.508 e. The number of methoxy groups -OCH3 is 1. The largest absolute Gasteiger partial charge is 0.508 e. The van der Waals surface area contributed by atoms with Crippen molar-refractivity contribution in [3.05, 3.63) is 98.5 Å². The highest BCUT2D eigenvalue weighted by Gasteiger charge is 2.70. The number of allylic oxidation sites excluding steroid dienone is 2. The van der Waals surface area contributed by atoms with E-state index in [4.69, 9.17) is 39.5 Å². The van der Waals surface area contributed by atoms with E-state index in [2.05, 4.69) is 5.43 Å². The van der Waals surface area contributed by atoms with Gasteiger partial charge in [-0.05, 0) is 72.4 Å². The van der Waals surface area contributed by atoms with Gasteiger partial charge in [0, 0.05) is 23.0 Å². The molecule has 3 fully saturated rings. The number of amides is 4. The van der Waals surface area contributed by atoms with Crippen LogP contribution in [0.3, 0.4) is 0 Å². The number of nitrogens with zero attached hydrogens (tertiary/aromatic N) is 2. The Hall–Kier alpha value is -4.05. The first-order chi connectivity index (χ1) is 22.0. The number of benzene rings is 3. The maximum absolute atomic E-state index is 15.1. The summed E-state index contributed by atoms with van der Waals surface area (Å²) in [6.07, 6.45) is 2.37. The van der Waals surface area contributed by atoms with E-state index in [1.165, 1.54) is 32.4 Å². The molecule has 0 aromatic heterocycles. The fourth-order valence-corrected chi connectivity index (χ4v) is 8.83. The number of halogens is 3. The molecule has 12 heteroatoms. The molecule has 46 heavy (non-hydrogen) atoms. The summed E-state index contributed by atoms with van der Waals surface area (Å²) in [6.45, 7) is 0. The molecule has 6 atom stereocenters. The Kier molecular flexibility index (Phi) is 7.34. The molecule has 0 bridgehead atoms. The average Bonchev–Trinajstić information content (AvgIpc) is 3.39. The van der Waals surface area contributed by atoms with Crippen molar-refractivity contribution in [3.8, 4) is 11.5 Å². The fourth-order valence-electron chi connectivity index (χ4n) is 8.10. The number of imide groups is 2. The van der Waals surface area contributed by atoms with Crippen molar-refractivity contribution in [3.63, 3.8) is 0 Å². The minimum absolute atomic E-state index is 0.0680. The lowest BCUT2D eigenvalue weighted by atomic mass is 9.49. The summed E-state index contributed by atoms with van der Waals surface area (Å²) in [5, 5.41) is 12.1. The topological polar surface area (TPSA) is 116 Å². The van der Waals surface area contributed by atoms with Gasteiger partial charge in [-0.1, -0.05) is 64.7 Å². The van der Waals surface area contributed by atoms with Crippen molar-refractivity contribution in [1.82, 2.24) is 9.91 Å². The lowest BCUT2D eigenvalue weighted by Crippen LogP contribution is -2.53. The van der Waals surface area contributed by atoms with E-state index in [0.717, 1.165) is 15.5 Å². The Morgan fingerprint density at radius 2 is 1.63 bits per heavy atom. The Bertz CT molecular complexity index is 1860. The second kappa shape index (κ2) is 11.0. The van der Waals surface area contributed by atoms with Gasteiger partial charge in [-0.3, -0.25) is 29.5 Å². The highest BCUT2D eigenvalue weighted by molar-refractivity contribution is 6.36. The van der Waals surface area contributed by atoms with E-state index in [0.29, 0.717) is 34.0 Å². The zero-order valence-electron chi connectivity index (χ0n) is 24.7. The van der Waals surface area contributed by atoms with Gasteiger partial charge >= 0.3 is 0 Å². The van der Waals surface area contributed by atoms with Crippen LogP contribution in [-0.4, -0.2) is 52.8 Å². The molecule has 9 nitrogen and oxygen atoms in total. The third-order valence-corrected chi connectivity index (χ3v) is 11.0. The molecule has 3 aromatic rings. The van der Waals surface area contributed by atoms with Gasteiger partial charge in [-0.15, -0.1) is 0 Å². The van der Waals surface area contributed by atoms with Crippen LogP contribution in [0.1, 0.15) is 29.9 Å². The van der Waals surface area contributed by atoms with Crippen LogP contribution in [-0.2, 0) is 24.6 Å². The molecule has 3 aromatic carbocycles. The molecule has 2 heterocycles. The number of nitrogens with one attached hydrogen (secondary N) is 1. The quantitative estimate of drug-likeness (QED) is 0.252. The molecule has 2 N–H and O–H groups in total. The number of carbonyl (C=O) groups excluding carboxylic acids is 4. The van der Waals surface area contributed by atoms with E-state index in [9.17, 15) is 19.5 Å². The van der Waals surface area contributed by atoms with Crippen LogP contribution in [0.2, 0.25) is 15.1 Å². The van der Waals surface area contributed by atoms with Crippen molar-refractivity contribution >= 4 is 64.1 Å². The van der Waals surface area contributed by atoms with Gasteiger partial charge in [0.2, 0.25) is 11.8 Å². The highest BCUT2D eigenvalue weighted by Crippen LogP contribution is 2.64. The van der Waals surface area contributed by atoms with Gasteiger partial charge in [0.25, 0.3) is 11.8 Å². The third-order valence-electron chi connectivity index (χ3n) is 10.1. The second-order valence-corrected chi connectivity index (χ2v) is 13.4. The molecule has 2 aliphatic heterocycles. The number of carbonyl (C=O) groups is 4. The van der Waals surface area contributed by atoms with E-state index >= 15 is 4.79 Å². The number of hydrogen-bond donors (Lipinski definition) is 2. The Morgan fingerprint density at radius 1 is 0.891 bits per heavy atom. The standard InChI is InChI=1S/C34H28Cl3N3O6/c1-39-30(42)22-11-10-20-23(28(22)32(39)44)15-24-31(43)40(38-27-12-5-17(35)13-26(27)37)33(45)34(24,16-3-7-19(46-2)8-4-16)29(20)21-9-6-18(41)14-25(21)36/h3-10,12-14,22-24,28-29,38,41H,11,15H2,1-2H3/t22-,23+,24-,28-,29+,34+/m0/s1. The first-order valence-corrected chi connectivity index (χ1v) is 15.9. The summed E-state index contributed by atoms with van der Waals surface area (Å²) >= 11 is 19.4. The molecule has 2 saturated heterocycles. The molecule has 236 valence electrons. The summed E-state index contributed by atoms with van der Waals surface area (Å²) in [5.74, 6) is -4.73. The Labute approximate surface area is 279 Å². The predicted molar refractivity (Wildman–Crippen MR) is 172 cm³/mol. The average molecular weight is 681 g/mol. The van der Waals surface area contributed by atoms with E-state index in [1.807, 2.05) is 6.08 Å². The van der Waals surface area contributed by atoms with Crippen molar-refractivity contribution in [2.75, 3.05) is 19.6 Å². The highest BCUT2D eigenvalue weighted by atomic mass is 35.5. The summed E-state index contributed by atoms with van der Waals surface area (Å²) < 4.78 is 5.41. The van der Waals surface area contributed by atoms with Gasteiger partial charge in [-0.25, -0.2) is 0 Å². The number of phenols is 1. The summed E-state index contributed by atoms with van der Waals surface area (Å²) in [7, 11) is 3.01. The van der Waals surface area contributed by atoms with Gasteiger partial charge in [0.15, 0.2) is 0 Å². The van der Waals surface area contributed by atoms with Crippen LogP contribution >= 0.6 is 34.8 Å². The van der Waals surface area contributed by atoms with Crippen LogP contribution in [0, 0.1) is 23.7 Å². The van der Waals surface area contributed by atoms with Crippen LogP contribution in [0.5, 0.6) is 11.5 Å². The zero-order valence-corrected chi connectivity index (χ0v) is 26.9. The molecule has 0 radical (unpaired) electrons. The van der Waals surface area contributed by atoms with Gasteiger partial charge in [-0.2, -0.15) is 5.01 Å². The Balaban J connectivity index is 1.48. The number of phenolic OH excluding ortho intramolecular Hbond substituents is 1. The molecule has 2 aliphatic carbocycles. The molecular formula is C34H28Cl3N3O6. The van der Waals surface area contributed by atoms with Crippen LogP contribution < -0.4 is 10.2 Å². The molecule has 4 amide bonds. The van der Waals surface area contributed by atoms with Gasteiger partial charge in [0.1, 0.15) is 11.5 Å². The maximum atomic E-state index is 15.1. The summed E-state index contributed by atoms with van der Waals surface area (Å²) in [5.41, 5.74) is 3.52. The lowest BCUT2D eigenvalue weighted by molar-refractivity contribution is -0.140.